The standard InChI is InChI=1S/C14H10BrClFNO/c1-8-4-10(15)7-11(5-8)18-14(19)9-2-3-12(16)13(17)6-9/h2-7H,1H3,(H,18,19). The third-order valence-corrected chi connectivity index (χ3v) is 3.25. The maximum atomic E-state index is 13.3. The van der Waals surface area contributed by atoms with E-state index >= 15 is 0 Å². The molecule has 5 heteroatoms. The Morgan fingerprint density at radius 3 is 2.63 bits per heavy atom. The highest BCUT2D eigenvalue weighted by molar-refractivity contribution is 9.10. The maximum Gasteiger partial charge on any atom is 0.255 e. The number of nitrogens with one attached hydrogen (secondary N) is 1. The van der Waals surface area contributed by atoms with Crippen LogP contribution in [-0.2, 0) is 0 Å². The van der Waals surface area contributed by atoms with E-state index in [0.29, 0.717) is 5.69 Å². The topological polar surface area (TPSA) is 29.1 Å². The van der Waals surface area contributed by atoms with Crippen LogP contribution in [0, 0.1) is 12.7 Å². The van der Waals surface area contributed by atoms with Crippen molar-refractivity contribution in [2.24, 2.45) is 0 Å². The minimum atomic E-state index is -0.611. The number of halogens is 3. The number of aryl methyl sites for hydroxylation is 1. The molecule has 0 unspecified atom stereocenters. The number of benzene rings is 2. The Morgan fingerprint density at radius 1 is 1.26 bits per heavy atom. The van der Waals surface area contributed by atoms with Gasteiger partial charge in [0.25, 0.3) is 5.91 Å². The van der Waals surface area contributed by atoms with Gasteiger partial charge in [-0.3, -0.25) is 4.79 Å². The lowest BCUT2D eigenvalue weighted by atomic mass is 10.2. The average Bonchev–Trinajstić information content (AvgIpc) is 2.31. The molecule has 2 rings (SSSR count). The first-order chi connectivity index (χ1) is 8.95. The SMILES string of the molecule is Cc1cc(Br)cc(NC(=O)c2ccc(Cl)c(F)c2)c1. The van der Waals surface area contributed by atoms with E-state index in [-0.39, 0.29) is 16.5 Å². The van der Waals surface area contributed by atoms with E-state index in [4.69, 9.17) is 11.6 Å². The molecule has 19 heavy (non-hydrogen) atoms. The van der Waals surface area contributed by atoms with E-state index < -0.39 is 5.82 Å². The molecule has 0 atom stereocenters. The third-order valence-electron chi connectivity index (χ3n) is 2.48. The summed E-state index contributed by atoms with van der Waals surface area (Å²) in [5, 5.41) is 2.70. The Kier molecular flexibility index (Phi) is 4.22. The summed E-state index contributed by atoms with van der Waals surface area (Å²) in [6, 6.07) is 9.48. The van der Waals surface area contributed by atoms with Crippen LogP contribution in [0.25, 0.3) is 0 Å². The molecule has 0 aliphatic rings. The molecule has 0 aliphatic carbocycles. The monoisotopic (exact) mass is 341 g/mol. The molecule has 0 saturated heterocycles. The normalized spacial score (nSPS) is 10.3. The molecule has 2 aromatic rings. The predicted octanol–water partition coefficient (Wildman–Crippen LogP) is 4.80. The average molecular weight is 343 g/mol. The second-order valence-electron chi connectivity index (χ2n) is 4.10. The van der Waals surface area contributed by atoms with Crippen molar-refractivity contribution in [2.45, 2.75) is 6.92 Å². The molecule has 0 radical (unpaired) electrons. The summed E-state index contributed by atoms with van der Waals surface area (Å²) >= 11 is 8.93. The van der Waals surface area contributed by atoms with Crippen molar-refractivity contribution in [3.05, 3.63) is 62.8 Å². The zero-order chi connectivity index (χ0) is 14.0. The molecule has 98 valence electrons. The van der Waals surface area contributed by atoms with Gasteiger partial charge in [0.05, 0.1) is 5.02 Å². The van der Waals surface area contributed by atoms with Gasteiger partial charge in [-0.25, -0.2) is 4.39 Å². The first kappa shape index (κ1) is 14.0. The van der Waals surface area contributed by atoms with Gasteiger partial charge < -0.3 is 5.32 Å². The summed E-state index contributed by atoms with van der Waals surface area (Å²) in [6.45, 7) is 1.92. The molecule has 0 aliphatic heterocycles. The molecule has 0 heterocycles. The largest absolute Gasteiger partial charge is 0.322 e. The molecule has 0 fully saturated rings. The summed E-state index contributed by atoms with van der Waals surface area (Å²) in [7, 11) is 0. The quantitative estimate of drug-likeness (QED) is 0.834. The van der Waals surface area contributed by atoms with Crippen LogP contribution in [0.15, 0.2) is 40.9 Å². The van der Waals surface area contributed by atoms with Gasteiger partial charge in [0.15, 0.2) is 0 Å². The summed E-state index contributed by atoms with van der Waals surface area (Å²) in [4.78, 5) is 12.0. The van der Waals surface area contributed by atoms with Gasteiger partial charge in [-0.15, -0.1) is 0 Å². The number of carbonyl (C=O) groups is 1. The van der Waals surface area contributed by atoms with Crippen LogP contribution in [0.2, 0.25) is 5.02 Å². The van der Waals surface area contributed by atoms with Crippen LogP contribution in [-0.4, -0.2) is 5.91 Å². The maximum absolute atomic E-state index is 13.3. The number of hydrogen-bond acceptors (Lipinski definition) is 1. The molecule has 2 nitrogen and oxygen atoms in total. The lowest BCUT2D eigenvalue weighted by molar-refractivity contribution is 0.102. The minimum absolute atomic E-state index is 0.00477. The molecule has 1 N–H and O–H groups in total. The number of carbonyl (C=O) groups excluding carboxylic acids is 1. The van der Waals surface area contributed by atoms with Crippen molar-refractivity contribution in [2.75, 3.05) is 5.32 Å². The van der Waals surface area contributed by atoms with Gasteiger partial charge in [0.1, 0.15) is 5.82 Å². The second-order valence-corrected chi connectivity index (χ2v) is 5.42. The van der Waals surface area contributed by atoms with Crippen LogP contribution in [0.5, 0.6) is 0 Å². The molecule has 0 saturated carbocycles. The van der Waals surface area contributed by atoms with E-state index in [0.717, 1.165) is 16.1 Å². The fraction of sp³-hybridized carbons (Fsp3) is 0.0714. The van der Waals surface area contributed by atoms with Gasteiger partial charge in [-0.1, -0.05) is 27.5 Å². The Morgan fingerprint density at radius 2 is 2.00 bits per heavy atom. The lowest BCUT2D eigenvalue weighted by Gasteiger charge is -2.07. The van der Waals surface area contributed by atoms with Crippen LogP contribution in [0.4, 0.5) is 10.1 Å². The van der Waals surface area contributed by atoms with E-state index in [2.05, 4.69) is 21.2 Å². The van der Waals surface area contributed by atoms with E-state index in [1.165, 1.54) is 12.1 Å². The molecular weight excluding hydrogens is 333 g/mol. The zero-order valence-corrected chi connectivity index (χ0v) is 12.3. The van der Waals surface area contributed by atoms with Crippen molar-refractivity contribution in [3.63, 3.8) is 0 Å². The van der Waals surface area contributed by atoms with Crippen molar-refractivity contribution < 1.29 is 9.18 Å². The van der Waals surface area contributed by atoms with Crippen LogP contribution in [0.1, 0.15) is 15.9 Å². The molecule has 1 amide bonds. The highest BCUT2D eigenvalue weighted by Crippen LogP contribution is 2.21. The smallest absolute Gasteiger partial charge is 0.255 e. The Labute approximate surface area is 123 Å². The highest BCUT2D eigenvalue weighted by Gasteiger charge is 2.09. The second kappa shape index (κ2) is 5.72. The van der Waals surface area contributed by atoms with E-state index in [1.807, 2.05) is 19.1 Å². The van der Waals surface area contributed by atoms with Crippen molar-refractivity contribution >= 4 is 39.1 Å². The highest BCUT2D eigenvalue weighted by atomic mass is 79.9. The lowest BCUT2D eigenvalue weighted by Crippen LogP contribution is -2.12. The Bertz CT molecular complexity index is 625. The number of rotatable bonds is 2. The Balaban J connectivity index is 2.22. The van der Waals surface area contributed by atoms with Gasteiger partial charge in [0, 0.05) is 15.7 Å². The number of anilines is 1. The van der Waals surface area contributed by atoms with Gasteiger partial charge in [0.2, 0.25) is 0 Å². The summed E-state index contributed by atoms with van der Waals surface area (Å²) in [5.74, 6) is -0.993. The Hall–Kier alpha value is -1.39. The van der Waals surface area contributed by atoms with Crippen molar-refractivity contribution in [3.8, 4) is 0 Å². The van der Waals surface area contributed by atoms with Gasteiger partial charge in [-0.05, 0) is 48.9 Å². The fourth-order valence-corrected chi connectivity index (χ4v) is 2.37. The van der Waals surface area contributed by atoms with Crippen molar-refractivity contribution in [1.82, 2.24) is 0 Å². The van der Waals surface area contributed by atoms with Gasteiger partial charge >= 0.3 is 0 Å². The van der Waals surface area contributed by atoms with Crippen LogP contribution < -0.4 is 5.32 Å². The summed E-state index contributed by atoms with van der Waals surface area (Å²) in [6.07, 6.45) is 0. The predicted molar refractivity (Wildman–Crippen MR) is 78.2 cm³/mol. The number of hydrogen-bond donors (Lipinski definition) is 1. The number of amides is 1. The fourth-order valence-electron chi connectivity index (χ4n) is 1.65. The molecule has 0 bridgehead atoms. The van der Waals surface area contributed by atoms with E-state index in [1.54, 1.807) is 6.07 Å². The first-order valence-electron chi connectivity index (χ1n) is 5.49. The third kappa shape index (κ3) is 3.55. The summed E-state index contributed by atoms with van der Waals surface area (Å²) in [5.41, 5.74) is 1.87. The van der Waals surface area contributed by atoms with Gasteiger partial charge in [-0.2, -0.15) is 0 Å². The van der Waals surface area contributed by atoms with Crippen LogP contribution in [0.3, 0.4) is 0 Å². The molecule has 0 aromatic heterocycles. The zero-order valence-electron chi connectivity index (χ0n) is 10.0. The molecular formula is C14H10BrClFNO. The van der Waals surface area contributed by atoms with E-state index in [9.17, 15) is 9.18 Å². The molecule has 2 aromatic carbocycles. The summed E-state index contributed by atoms with van der Waals surface area (Å²) < 4.78 is 14.2. The minimum Gasteiger partial charge on any atom is -0.322 e. The van der Waals surface area contributed by atoms with Crippen molar-refractivity contribution in [1.29, 1.82) is 0 Å². The first-order valence-corrected chi connectivity index (χ1v) is 6.66. The van der Waals surface area contributed by atoms with Crippen LogP contribution >= 0.6 is 27.5 Å². The molecule has 0 spiro atoms.